The van der Waals surface area contributed by atoms with Crippen LogP contribution in [0, 0.1) is 22.9 Å². The number of nitrogens with zero attached hydrogens (tertiary/aromatic N) is 1. The van der Waals surface area contributed by atoms with Crippen molar-refractivity contribution in [1.29, 1.82) is 0 Å². The van der Waals surface area contributed by atoms with Crippen LogP contribution in [0.1, 0.15) is 11.1 Å². The van der Waals surface area contributed by atoms with Crippen LogP contribution in [0.5, 0.6) is 11.5 Å². The number of hydrogen-bond donors (Lipinski definition) is 0. The number of aryl methyl sites for hydroxylation is 1. The van der Waals surface area contributed by atoms with Crippen LogP contribution in [0.3, 0.4) is 0 Å². The quantitative estimate of drug-likeness (QED) is 0.471. The van der Waals surface area contributed by atoms with Gasteiger partial charge in [-0.25, -0.2) is 0 Å². The number of rotatable bonds is 4. The van der Waals surface area contributed by atoms with Gasteiger partial charge in [0, 0.05) is 18.0 Å². The summed E-state index contributed by atoms with van der Waals surface area (Å²) in [6.45, 7) is 1.84. The molecule has 0 radical (unpaired) electrons. The summed E-state index contributed by atoms with van der Waals surface area (Å²) in [7, 11) is 0. The summed E-state index contributed by atoms with van der Waals surface area (Å²) in [6, 6.07) is 8.88. The van der Waals surface area contributed by atoms with Crippen LogP contribution in [0.2, 0.25) is 0 Å². The molecule has 2 aromatic carbocycles. The Balaban J connectivity index is 2.30. The van der Waals surface area contributed by atoms with E-state index in [1.54, 1.807) is 6.07 Å². The number of halogens is 2. The van der Waals surface area contributed by atoms with Crippen molar-refractivity contribution in [3.05, 3.63) is 63.5 Å². The summed E-state index contributed by atoms with van der Waals surface area (Å²) in [5.74, 6) is 0.142. The van der Waals surface area contributed by atoms with E-state index in [0.29, 0.717) is 11.6 Å². The van der Waals surface area contributed by atoms with Crippen molar-refractivity contribution in [3.63, 3.8) is 0 Å². The highest BCUT2D eigenvalue weighted by Crippen LogP contribution is 2.29. The van der Waals surface area contributed by atoms with Gasteiger partial charge in [-0.3, -0.25) is 10.1 Å². The minimum Gasteiger partial charge on any atom is -0.457 e. The molecular weight excluding hydrogens is 285 g/mol. The zero-order chi connectivity index (χ0) is 14.7. The van der Waals surface area contributed by atoms with Gasteiger partial charge in [0.25, 0.3) is 0 Å². The lowest BCUT2D eigenvalue weighted by atomic mass is 10.1. The van der Waals surface area contributed by atoms with Crippen molar-refractivity contribution in [2.24, 2.45) is 0 Å². The maximum atomic E-state index is 13.5. The summed E-state index contributed by atoms with van der Waals surface area (Å²) in [5, 5.41) is 10.5. The van der Waals surface area contributed by atoms with Crippen molar-refractivity contribution in [2.75, 3.05) is 0 Å². The Bertz CT molecular complexity index is 661. The van der Waals surface area contributed by atoms with Crippen LogP contribution >= 0.6 is 11.6 Å². The summed E-state index contributed by atoms with van der Waals surface area (Å²) < 4.78 is 19.1. The van der Waals surface area contributed by atoms with Gasteiger partial charge < -0.3 is 4.74 Å². The normalized spacial score (nSPS) is 10.3. The van der Waals surface area contributed by atoms with E-state index in [0.717, 1.165) is 23.3 Å². The lowest BCUT2D eigenvalue weighted by molar-refractivity contribution is -0.387. The lowest BCUT2D eigenvalue weighted by Crippen LogP contribution is -1.94. The van der Waals surface area contributed by atoms with Gasteiger partial charge in [-0.1, -0.05) is 12.1 Å². The first-order valence-corrected chi connectivity index (χ1v) is 6.32. The second-order valence-electron chi connectivity index (χ2n) is 4.21. The molecule has 0 aliphatic heterocycles. The maximum absolute atomic E-state index is 13.5. The van der Waals surface area contributed by atoms with Crippen LogP contribution in [0.15, 0.2) is 36.4 Å². The number of alkyl halides is 1. The molecule has 0 amide bonds. The third-order valence-corrected chi connectivity index (χ3v) is 3.06. The van der Waals surface area contributed by atoms with E-state index in [9.17, 15) is 14.5 Å². The van der Waals surface area contributed by atoms with Crippen molar-refractivity contribution < 1.29 is 14.1 Å². The minimum absolute atomic E-state index is 0.197. The highest BCUT2D eigenvalue weighted by atomic mass is 35.5. The third kappa shape index (κ3) is 3.05. The zero-order valence-electron chi connectivity index (χ0n) is 10.6. The second kappa shape index (κ2) is 5.88. The molecule has 104 valence electrons. The number of ether oxygens (including phenoxy) is 1. The van der Waals surface area contributed by atoms with E-state index < -0.39 is 16.4 Å². The SMILES string of the molecule is Cc1ccc(CCl)cc1Oc1ccc([N+](=O)[O-])c(F)c1. The topological polar surface area (TPSA) is 52.4 Å². The lowest BCUT2D eigenvalue weighted by Gasteiger charge is -2.10. The van der Waals surface area contributed by atoms with Gasteiger partial charge >= 0.3 is 5.69 Å². The number of hydrogen-bond acceptors (Lipinski definition) is 3. The second-order valence-corrected chi connectivity index (χ2v) is 4.47. The van der Waals surface area contributed by atoms with Crippen LogP contribution in [-0.4, -0.2) is 4.92 Å². The Morgan fingerprint density at radius 2 is 2.05 bits per heavy atom. The zero-order valence-corrected chi connectivity index (χ0v) is 11.4. The fourth-order valence-electron chi connectivity index (χ4n) is 1.66. The summed E-state index contributed by atoms with van der Waals surface area (Å²) >= 11 is 5.74. The van der Waals surface area contributed by atoms with Crippen LogP contribution in [0.25, 0.3) is 0 Å². The molecule has 0 spiro atoms. The molecular formula is C14H11ClFNO3. The Labute approximate surface area is 119 Å². The third-order valence-electron chi connectivity index (χ3n) is 2.75. The van der Waals surface area contributed by atoms with E-state index in [4.69, 9.17) is 16.3 Å². The number of nitro groups is 1. The first kappa shape index (κ1) is 14.3. The summed E-state index contributed by atoms with van der Waals surface area (Å²) in [4.78, 5) is 9.76. The van der Waals surface area contributed by atoms with Crippen molar-refractivity contribution >= 4 is 17.3 Å². The number of nitro benzene ring substituents is 1. The van der Waals surface area contributed by atoms with Crippen molar-refractivity contribution in [1.82, 2.24) is 0 Å². The van der Waals surface area contributed by atoms with E-state index in [-0.39, 0.29) is 5.75 Å². The van der Waals surface area contributed by atoms with E-state index >= 15 is 0 Å². The van der Waals surface area contributed by atoms with Gasteiger partial charge in [0.2, 0.25) is 5.82 Å². The Hall–Kier alpha value is -2.14. The van der Waals surface area contributed by atoms with Gasteiger partial charge in [0.15, 0.2) is 0 Å². The fraction of sp³-hybridized carbons (Fsp3) is 0.143. The molecule has 0 N–H and O–H groups in total. The van der Waals surface area contributed by atoms with Gasteiger partial charge in [-0.05, 0) is 30.2 Å². The molecule has 6 heteroatoms. The molecule has 2 rings (SSSR count). The maximum Gasteiger partial charge on any atom is 0.305 e. The van der Waals surface area contributed by atoms with Crippen LogP contribution in [-0.2, 0) is 5.88 Å². The molecule has 0 saturated carbocycles. The largest absolute Gasteiger partial charge is 0.457 e. The smallest absolute Gasteiger partial charge is 0.305 e. The minimum atomic E-state index is -0.932. The standard InChI is InChI=1S/C14H11ClFNO3/c1-9-2-3-10(8-15)6-14(9)20-11-4-5-13(17(18)19)12(16)7-11/h2-7H,8H2,1H3. The molecule has 0 aromatic heterocycles. The molecule has 20 heavy (non-hydrogen) atoms. The Morgan fingerprint density at radius 1 is 1.30 bits per heavy atom. The first-order valence-electron chi connectivity index (χ1n) is 5.78. The van der Waals surface area contributed by atoms with Gasteiger partial charge in [-0.2, -0.15) is 4.39 Å². The monoisotopic (exact) mass is 295 g/mol. The predicted molar refractivity (Wildman–Crippen MR) is 73.9 cm³/mol. The molecule has 0 aliphatic rings. The fourth-order valence-corrected chi connectivity index (χ4v) is 1.83. The van der Waals surface area contributed by atoms with Gasteiger partial charge in [0.05, 0.1) is 4.92 Å². The molecule has 0 saturated heterocycles. The molecule has 0 atom stereocenters. The molecule has 0 heterocycles. The number of benzene rings is 2. The van der Waals surface area contributed by atoms with Crippen LogP contribution < -0.4 is 4.74 Å². The van der Waals surface area contributed by atoms with Crippen molar-refractivity contribution in [3.8, 4) is 11.5 Å². The average molecular weight is 296 g/mol. The molecule has 2 aromatic rings. The highest BCUT2D eigenvalue weighted by Gasteiger charge is 2.15. The molecule has 0 fully saturated rings. The van der Waals surface area contributed by atoms with Crippen LogP contribution in [0.4, 0.5) is 10.1 Å². The Morgan fingerprint density at radius 3 is 2.65 bits per heavy atom. The van der Waals surface area contributed by atoms with E-state index in [1.165, 1.54) is 6.07 Å². The molecule has 0 unspecified atom stereocenters. The van der Waals surface area contributed by atoms with Gasteiger partial charge in [0.1, 0.15) is 11.5 Å². The average Bonchev–Trinajstić information content (AvgIpc) is 2.41. The summed E-state index contributed by atoms with van der Waals surface area (Å²) in [6.07, 6.45) is 0. The van der Waals surface area contributed by atoms with E-state index in [2.05, 4.69) is 0 Å². The molecule has 0 aliphatic carbocycles. The molecule has 4 nitrogen and oxygen atoms in total. The Kier molecular flexibility index (Phi) is 4.20. The molecule has 0 bridgehead atoms. The van der Waals surface area contributed by atoms with Gasteiger partial charge in [-0.15, -0.1) is 11.6 Å². The van der Waals surface area contributed by atoms with E-state index in [1.807, 2.05) is 19.1 Å². The highest BCUT2D eigenvalue weighted by molar-refractivity contribution is 6.17. The predicted octanol–water partition coefficient (Wildman–Crippen LogP) is 4.57. The first-order chi connectivity index (χ1) is 9.51. The summed E-state index contributed by atoms with van der Waals surface area (Å²) in [5.41, 5.74) is 1.15. The van der Waals surface area contributed by atoms with Crippen molar-refractivity contribution in [2.45, 2.75) is 12.8 Å².